The molecular weight excluding hydrogens is 240 g/mol. The van der Waals surface area contributed by atoms with Gasteiger partial charge in [0.2, 0.25) is 5.89 Å². The zero-order valence-electron chi connectivity index (χ0n) is 10.9. The van der Waals surface area contributed by atoms with Crippen LogP contribution in [-0.2, 0) is 6.42 Å². The molecule has 4 nitrogen and oxygen atoms in total. The molecule has 1 heterocycles. The molecule has 1 N–H and O–H groups in total. The molecule has 4 heteroatoms. The number of rotatable bonds is 3. The summed E-state index contributed by atoms with van der Waals surface area (Å²) in [4.78, 5) is 4.50. The van der Waals surface area contributed by atoms with Crippen molar-refractivity contribution in [2.75, 3.05) is 0 Å². The van der Waals surface area contributed by atoms with Gasteiger partial charge in [0.25, 0.3) is 0 Å². The maximum Gasteiger partial charge on any atom is 0.231 e. The lowest BCUT2D eigenvalue weighted by Crippen LogP contribution is -2.06. The van der Waals surface area contributed by atoms with E-state index in [9.17, 15) is 5.11 Å². The van der Waals surface area contributed by atoms with Crippen molar-refractivity contribution < 1.29 is 9.63 Å². The number of benzene rings is 1. The van der Waals surface area contributed by atoms with Gasteiger partial charge in [-0.05, 0) is 30.5 Å². The van der Waals surface area contributed by atoms with Crippen LogP contribution in [0.5, 0.6) is 5.75 Å². The molecule has 0 saturated heterocycles. The lowest BCUT2D eigenvalue weighted by atomic mass is 9.89. The third-order valence-corrected chi connectivity index (χ3v) is 3.72. The Morgan fingerprint density at radius 2 is 2.05 bits per heavy atom. The van der Waals surface area contributed by atoms with Gasteiger partial charge in [0, 0.05) is 5.92 Å². The van der Waals surface area contributed by atoms with E-state index in [2.05, 4.69) is 10.1 Å². The lowest BCUT2D eigenvalue weighted by Gasteiger charge is -2.17. The summed E-state index contributed by atoms with van der Waals surface area (Å²) in [5.41, 5.74) is 0.985. The fourth-order valence-electron chi connectivity index (χ4n) is 2.71. The van der Waals surface area contributed by atoms with Crippen LogP contribution in [0.1, 0.15) is 55.3 Å². The van der Waals surface area contributed by atoms with E-state index in [1.807, 2.05) is 12.1 Å². The number of hydrogen-bond donors (Lipinski definition) is 1. The van der Waals surface area contributed by atoms with Gasteiger partial charge >= 0.3 is 0 Å². The number of hydrogen-bond acceptors (Lipinski definition) is 4. The highest BCUT2D eigenvalue weighted by Crippen LogP contribution is 2.30. The Hall–Kier alpha value is -1.84. The predicted octanol–water partition coefficient (Wildman–Crippen LogP) is 3.41. The van der Waals surface area contributed by atoms with E-state index in [1.54, 1.807) is 12.1 Å². The van der Waals surface area contributed by atoms with Crippen LogP contribution in [0, 0.1) is 0 Å². The fourth-order valence-corrected chi connectivity index (χ4v) is 2.71. The van der Waals surface area contributed by atoms with E-state index < -0.39 is 0 Å². The molecule has 1 aliphatic rings. The van der Waals surface area contributed by atoms with Crippen LogP contribution in [0.3, 0.4) is 0 Å². The minimum Gasteiger partial charge on any atom is -0.508 e. The molecule has 0 aliphatic heterocycles. The van der Waals surface area contributed by atoms with Crippen molar-refractivity contribution in [2.45, 2.75) is 44.4 Å². The summed E-state index contributed by atoms with van der Waals surface area (Å²) in [7, 11) is 0. The molecule has 1 aliphatic carbocycles. The van der Waals surface area contributed by atoms with Gasteiger partial charge in [0.05, 0.1) is 6.42 Å². The number of phenols is 1. The summed E-state index contributed by atoms with van der Waals surface area (Å²) in [5, 5.41) is 13.5. The Morgan fingerprint density at radius 3 is 2.84 bits per heavy atom. The minimum absolute atomic E-state index is 0.268. The van der Waals surface area contributed by atoms with Gasteiger partial charge in [-0.1, -0.05) is 36.6 Å². The minimum atomic E-state index is 0.268. The Kier molecular flexibility index (Phi) is 3.49. The summed E-state index contributed by atoms with van der Waals surface area (Å²) in [6.45, 7) is 0. The molecule has 1 fully saturated rings. The van der Waals surface area contributed by atoms with E-state index in [-0.39, 0.29) is 5.75 Å². The average Bonchev–Trinajstić information content (AvgIpc) is 2.88. The van der Waals surface area contributed by atoms with Crippen LogP contribution < -0.4 is 0 Å². The number of aromatic hydroxyl groups is 1. The molecule has 3 rings (SSSR count). The highest BCUT2D eigenvalue weighted by molar-refractivity contribution is 5.28. The van der Waals surface area contributed by atoms with E-state index >= 15 is 0 Å². The largest absolute Gasteiger partial charge is 0.508 e. The zero-order valence-corrected chi connectivity index (χ0v) is 10.9. The van der Waals surface area contributed by atoms with E-state index in [1.165, 1.54) is 32.1 Å². The van der Waals surface area contributed by atoms with Crippen molar-refractivity contribution in [2.24, 2.45) is 0 Å². The van der Waals surface area contributed by atoms with Crippen LogP contribution in [0.2, 0.25) is 0 Å². The summed E-state index contributed by atoms with van der Waals surface area (Å²) in [6, 6.07) is 7.16. The maximum atomic E-state index is 9.43. The molecule has 0 atom stereocenters. The van der Waals surface area contributed by atoms with Gasteiger partial charge in [0.1, 0.15) is 5.75 Å². The topological polar surface area (TPSA) is 59.2 Å². The Labute approximate surface area is 112 Å². The third-order valence-electron chi connectivity index (χ3n) is 3.72. The Bertz CT molecular complexity index is 545. The van der Waals surface area contributed by atoms with Crippen LogP contribution >= 0.6 is 0 Å². The molecule has 100 valence electrons. The standard InChI is InChI=1S/C15H18N2O2/c18-13-8-4-5-11(9-13)10-14-16-15(17-19-14)12-6-2-1-3-7-12/h4-5,8-9,12,18H,1-3,6-7,10H2. The van der Waals surface area contributed by atoms with Crippen molar-refractivity contribution in [1.82, 2.24) is 10.1 Å². The number of aromatic nitrogens is 2. The Morgan fingerprint density at radius 1 is 1.21 bits per heavy atom. The van der Waals surface area contributed by atoms with Crippen molar-refractivity contribution in [3.05, 3.63) is 41.5 Å². The quantitative estimate of drug-likeness (QED) is 0.916. The molecule has 1 aromatic carbocycles. The van der Waals surface area contributed by atoms with Gasteiger partial charge in [-0.2, -0.15) is 4.98 Å². The monoisotopic (exact) mass is 258 g/mol. The van der Waals surface area contributed by atoms with Gasteiger partial charge < -0.3 is 9.63 Å². The second-order valence-corrected chi connectivity index (χ2v) is 5.23. The first-order valence-corrected chi connectivity index (χ1v) is 6.91. The average molecular weight is 258 g/mol. The van der Waals surface area contributed by atoms with Gasteiger partial charge in [-0.3, -0.25) is 0 Å². The molecule has 0 bridgehead atoms. The molecule has 0 spiro atoms. The van der Waals surface area contributed by atoms with Crippen LogP contribution in [0.4, 0.5) is 0 Å². The third kappa shape index (κ3) is 2.95. The van der Waals surface area contributed by atoms with E-state index in [4.69, 9.17) is 4.52 Å². The molecule has 0 amide bonds. The first-order valence-electron chi connectivity index (χ1n) is 6.91. The van der Waals surface area contributed by atoms with Crippen LogP contribution in [0.25, 0.3) is 0 Å². The normalized spacial score (nSPS) is 16.6. The summed E-state index contributed by atoms with van der Waals surface area (Å²) < 4.78 is 5.32. The molecule has 1 saturated carbocycles. The van der Waals surface area contributed by atoms with E-state index in [0.717, 1.165) is 11.4 Å². The predicted molar refractivity (Wildman–Crippen MR) is 71.0 cm³/mol. The zero-order chi connectivity index (χ0) is 13.1. The van der Waals surface area contributed by atoms with Gasteiger partial charge in [-0.25, -0.2) is 0 Å². The van der Waals surface area contributed by atoms with E-state index in [0.29, 0.717) is 18.2 Å². The van der Waals surface area contributed by atoms with Gasteiger partial charge in [-0.15, -0.1) is 0 Å². The highest BCUT2D eigenvalue weighted by Gasteiger charge is 2.20. The lowest BCUT2D eigenvalue weighted by molar-refractivity contribution is 0.362. The van der Waals surface area contributed by atoms with Gasteiger partial charge in [0.15, 0.2) is 5.82 Å². The second kappa shape index (κ2) is 5.43. The van der Waals surface area contributed by atoms with Crippen LogP contribution in [0.15, 0.2) is 28.8 Å². The number of phenolic OH excluding ortho intramolecular Hbond substituents is 1. The van der Waals surface area contributed by atoms with Crippen molar-refractivity contribution >= 4 is 0 Å². The van der Waals surface area contributed by atoms with Crippen molar-refractivity contribution in [3.8, 4) is 5.75 Å². The SMILES string of the molecule is Oc1cccc(Cc2nc(C3CCCCC3)no2)c1. The summed E-state index contributed by atoms with van der Waals surface area (Å²) in [6.07, 6.45) is 6.77. The molecule has 0 radical (unpaired) electrons. The molecule has 1 aromatic heterocycles. The first kappa shape index (κ1) is 12.2. The number of nitrogens with zero attached hydrogens (tertiary/aromatic N) is 2. The molecule has 19 heavy (non-hydrogen) atoms. The molecule has 0 unspecified atom stereocenters. The molecule has 2 aromatic rings. The summed E-state index contributed by atoms with van der Waals surface area (Å²) in [5.74, 6) is 2.22. The van der Waals surface area contributed by atoms with Crippen LogP contribution in [-0.4, -0.2) is 15.2 Å². The first-order chi connectivity index (χ1) is 9.31. The maximum absolute atomic E-state index is 9.43. The fraction of sp³-hybridized carbons (Fsp3) is 0.467. The smallest absolute Gasteiger partial charge is 0.231 e. The summed E-state index contributed by atoms with van der Waals surface area (Å²) >= 11 is 0. The second-order valence-electron chi connectivity index (χ2n) is 5.23. The Balaban J connectivity index is 1.70. The van der Waals surface area contributed by atoms with Crippen molar-refractivity contribution in [1.29, 1.82) is 0 Å². The molecular formula is C15H18N2O2. The van der Waals surface area contributed by atoms with Crippen molar-refractivity contribution in [3.63, 3.8) is 0 Å². The highest BCUT2D eigenvalue weighted by atomic mass is 16.5.